The third-order valence-electron chi connectivity index (χ3n) is 3.73. The van der Waals surface area contributed by atoms with Crippen molar-refractivity contribution in [3.05, 3.63) is 24.3 Å². The van der Waals surface area contributed by atoms with E-state index < -0.39 is 0 Å². The van der Waals surface area contributed by atoms with E-state index in [2.05, 4.69) is 19.4 Å². The zero-order valence-electron chi connectivity index (χ0n) is 11.2. The molecule has 7 heteroatoms. The molecule has 0 aromatic carbocycles. The third kappa shape index (κ3) is 2.55. The number of ether oxygens (including phenoxy) is 1. The summed E-state index contributed by atoms with van der Waals surface area (Å²) in [6, 6.07) is 1.94. The summed E-state index contributed by atoms with van der Waals surface area (Å²) >= 11 is 1.52. The first kappa shape index (κ1) is 12.3. The lowest BCUT2D eigenvalue weighted by Crippen LogP contribution is -2.44. The van der Waals surface area contributed by atoms with Crippen molar-refractivity contribution in [2.45, 2.75) is 31.4 Å². The van der Waals surface area contributed by atoms with Crippen LogP contribution in [0.5, 0.6) is 0 Å². The van der Waals surface area contributed by atoms with Crippen molar-refractivity contribution in [1.82, 2.24) is 19.1 Å². The van der Waals surface area contributed by atoms with Crippen LogP contribution in [0.2, 0.25) is 0 Å². The lowest BCUT2D eigenvalue weighted by molar-refractivity contribution is 0.0274. The highest BCUT2D eigenvalue weighted by atomic mass is 32.1. The molecule has 1 unspecified atom stereocenters. The molecule has 0 bridgehead atoms. The van der Waals surface area contributed by atoms with E-state index in [-0.39, 0.29) is 6.10 Å². The van der Waals surface area contributed by atoms with Crippen LogP contribution in [0, 0.1) is 0 Å². The van der Waals surface area contributed by atoms with Crippen molar-refractivity contribution in [3.63, 3.8) is 0 Å². The number of rotatable bonds is 4. The number of morpholine rings is 1. The van der Waals surface area contributed by atoms with Crippen LogP contribution in [-0.4, -0.2) is 44.9 Å². The highest BCUT2D eigenvalue weighted by molar-refractivity contribution is 7.09. The minimum absolute atomic E-state index is 0.164. The first-order chi connectivity index (χ1) is 9.88. The van der Waals surface area contributed by atoms with Crippen LogP contribution in [-0.2, 0) is 11.3 Å². The molecule has 1 saturated heterocycles. The molecule has 1 saturated carbocycles. The second kappa shape index (κ2) is 5.14. The fraction of sp³-hybridized carbons (Fsp3) is 0.615. The number of aromatic nitrogens is 4. The van der Waals surface area contributed by atoms with E-state index in [0.717, 1.165) is 37.2 Å². The van der Waals surface area contributed by atoms with E-state index in [4.69, 9.17) is 4.74 Å². The summed E-state index contributed by atoms with van der Waals surface area (Å²) in [5, 5.41) is 5.28. The molecule has 1 aliphatic heterocycles. The standard InChI is InChI=1S/C13H17N5OS/c1-4-14-18(5-1)9-11-8-17(6-7-19-11)13-15-12(16-20-13)10-2-3-10/h1,4-5,10-11H,2-3,6-9H2. The summed E-state index contributed by atoms with van der Waals surface area (Å²) in [6.07, 6.45) is 6.44. The maximum absolute atomic E-state index is 5.82. The highest BCUT2D eigenvalue weighted by Crippen LogP contribution is 2.39. The first-order valence-electron chi connectivity index (χ1n) is 7.06. The maximum Gasteiger partial charge on any atom is 0.205 e. The fourth-order valence-electron chi connectivity index (χ4n) is 2.48. The lowest BCUT2D eigenvalue weighted by atomic mass is 10.3. The molecule has 0 N–H and O–H groups in total. The topological polar surface area (TPSA) is 56.1 Å². The van der Waals surface area contributed by atoms with Crippen molar-refractivity contribution in [3.8, 4) is 0 Å². The van der Waals surface area contributed by atoms with Crippen LogP contribution in [0.3, 0.4) is 0 Å². The Kier molecular flexibility index (Phi) is 3.16. The van der Waals surface area contributed by atoms with Crippen molar-refractivity contribution in [2.24, 2.45) is 0 Å². The largest absolute Gasteiger partial charge is 0.373 e. The molecule has 0 radical (unpaired) electrons. The molecule has 1 aliphatic carbocycles. The van der Waals surface area contributed by atoms with E-state index >= 15 is 0 Å². The van der Waals surface area contributed by atoms with Gasteiger partial charge in [0.1, 0.15) is 5.82 Å². The molecule has 2 aliphatic rings. The van der Waals surface area contributed by atoms with Gasteiger partial charge in [-0.05, 0) is 18.9 Å². The maximum atomic E-state index is 5.82. The van der Waals surface area contributed by atoms with E-state index in [9.17, 15) is 0 Å². The Labute approximate surface area is 121 Å². The van der Waals surface area contributed by atoms with Gasteiger partial charge in [0.25, 0.3) is 0 Å². The Bertz CT molecular complexity index is 565. The van der Waals surface area contributed by atoms with Gasteiger partial charge in [0.15, 0.2) is 0 Å². The summed E-state index contributed by atoms with van der Waals surface area (Å²) in [7, 11) is 0. The van der Waals surface area contributed by atoms with E-state index in [1.807, 2.05) is 16.9 Å². The van der Waals surface area contributed by atoms with E-state index in [1.54, 1.807) is 6.20 Å². The fourth-order valence-corrected chi connectivity index (χ4v) is 3.26. The number of nitrogens with zero attached hydrogens (tertiary/aromatic N) is 5. The third-order valence-corrected chi connectivity index (χ3v) is 4.52. The molecule has 20 heavy (non-hydrogen) atoms. The molecule has 0 spiro atoms. The quantitative estimate of drug-likeness (QED) is 0.855. The summed E-state index contributed by atoms with van der Waals surface area (Å²) in [6.45, 7) is 3.29. The van der Waals surface area contributed by atoms with Crippen LogP contribution in [0.25, 0.3) is 0 Å². The monoisotopic (exact) mass is 291 g/mol. The SMILES string of the molecule is c1cnn(CC2CN(c3nc(C4CC4)ns3)CCO2)c1. The van der Waals surface area contributed by atoms with Gasteiger partial charge in [0.05, 0.1) is 19.3 Å². The lowest BCUT2D eigenvalue weighted by Gasteiger charge is -2.32. The van der Waals surface area contributed by atoms with Gasteiger partial charge < -0.3 is 9.64 Å². The molecule has 4 rings (SSSR count). The molecular formula is C13H17N5OS. The summed E-state index contributed by atoms with van der Waals surface area (Å²) in [5.41, 5.74) is 0. The second-order valence-corrected chi connectivity index (χ2v) is 6.11. The highest BCUT2D eigenvalue weighted by Gasteiger charge is 2.30. The summed E-state index contributed by atoms with van der Waals surface area (Å²) < 4.78 is 12.2. The summed E-state index contributed by atoms with van der Waals surface area (Å²) in [4.78, 5) is 6.98. The van der Waals surface area contributed by atoms with Crippen molar-refractivity contribution in [2.75, 3.05) is 24.6 Å². The van der Waals surface area contributed by atoms with Crippen molar-refractivity contribution >= 4 is 16.7 Å². The number of hydrogen-bond acceptors (Lipinski definition) is 6. The molecular weight excluding hydrogens is 274 g/mol. The Hall–Kier alpha value is -1.47. The summed E-state index contributed by atoms with van der Waals surface area (Å²) in [5.74, 6) is 1.67. The minimum Gasteiger partial charge on any atom is -0.373 e. The average Bonchev–Trinajstić information content (AvgIpc) is 3.00. The normalized spacial score (nSPS) is 23.2. The Morgan fingerprint density at radius 1 is 1.40 bits per heavy atom. The number of anilines is 1. The van der Waals surface area contributed by atoms with Crippen LogP contribution >= 0.6 is 11.5 Å². The number of hydrogen-bond donors (Lipinski definition) is 0. The van der Waals surface area contributed by atoms with Gasteiger partial charge in [-0.1, -0.05) is 0 Å². The van der Waals surface area contributed by atoms with Crippen molar-refractivity contribution in [1.29, 1.82) is 0 Å². The van der Waals surface area contributed by atoms with Gasteiger partial charge in [-0.15, -0.1) is 0 Å². The van der Waals surface area contributed by atoms with Crippen LogP contribution in [0.1, 0.15) is 24.6 Å². The van der Waals surface area contributed by atoms with Gasteiger partial charge in [0, 0.05) is 42.9 Å². The molecule has 2 fully saturated rings. The van der Waals surface area contributed by atoms with E-state index in [0.29, 0.717) is 5.92 Å². The molecule has 0 amide bonds. The smallest absolute Gasteiger partial charge is 0.205 e. The second-order valence-electron chi connectivity index (χ2n) is 5.38. The van der Waals surface area contributed by atoms with Crippen molar-refractivity contribution < 1.29 is 4.74 Å². The molecule has 1 atom stereocenters. The Morgan fingerprint density at radius 3 is 3.15 bits per heavy atom. The first-order valence-corrected chi connectivity index (χ1v) is 7.83. The minimum atomic E-state index is 0.164. The van der Waals surface area contributed by atoms with E-state index in [1.165, 1.54) is 24.4 Å². The zero-order valence-corrected chi connectivity index (χ0v) is 12.0. The predicted octanol–water partition coefficient (Wildman–Crippen LogP) is 1.52. The van der Waals surface area contributed by atoms with Crippen LogP contribution < -0.4 is 4.90 Å². The van der Waals surface area contributed by atoms with Gasteiger partial charge >= 0.3 is 0 Å². The van der Waals surface area contributed by atoms with Gasteiger partial charge in [-0.3, -0.25) is 4.68 Å². The molecule has 2 aromatic rings. The molecule has 2 aromatic heterocycles. The van der Waals surface area contributed by atoms with Crippen LogP contribution in [0.15, 0.2) is 18.5 Å². The molecule has 3 heterocycles. The van der Waals surface area contributed by atoms with Gasteiger partial charge in [-0.2, -0.15) is 9.47 Å². The molecule has 6 nitrogen and oxygen atoms in total. The Balaban J connectivity index is 1.42. The van der Waals surface area contributed by atoms with Gasteiger partial charge in [0.2, 0.25) is 5.13 Å². The van der Waals surface area contributed by atoms with Gasteiger partial charge in [-0.25, -0.2) is 4.98 Å². The predicted molar refractivity (Wildman–Crippen MR) is 76.1 cm³/mol. The average molecular weight is 291 g/mol. The molecule has 106 valence electrons. The zero-order chi connectivity index (χ0) is 13.4. The Morgan fingerprint density at radius 2 is 2.35 bits per heavy atom. The van der Waals surface area contributed by atoms with Crippen LogP contribution in [0.4, 0.5) is 5.13 Å².